The van der Waals surface area contributed by atoms with Crippen LogP contribution in [0, 0.1) is 0 Å². The van der Waals surface area contributed by atoms with Crippen LogP contribution in [-0.4, -0.2) is 0 Å². The Bertz CT molecular complexity index is 580. The van der Waals surface area contributed by atoms with Gasteiger partial charge in [-0.1, -0.05) is 46.7 Å². The van der Waals surface area contributed by atoms with Gasteiger partial charge in [-0.25, -0.2) is 0 Å². The van der Waals surface area contributed by atoms with Gasteiger partial charge in [0.1, 0.15) is 0 Å². The van der Waals surface area contributed by atoms with E-state index in [-0.39, 0.29) is 0 Å². The molecule has 0 fully saturated rings. The van der Waals surface area contributed by atoms with E-state index in [4.69, 9.17) is 0 Å². The number of rotatable bonds is 1. The molecular weight excluding hydrogens is 294 g/mol. The van der Waals surface area contributed by atoms with Gasteiger partial charge in [-0.15, -0.1) is 0 Å². The molecule has 0 aliphatic carbocycles. The fourth-order valence-corrected chi connectivity index (χ4v) is 3.79. The molecule has 1 N–H and O–H groups in total. The lowest BCUT2D eigenvalue weighted by molar-refractivity contribution is 1.11. The number of halogens is 1. The smallest absolute Gasteiger partial charge is 0.0559 e. The number of anilines is 2. The summed E-state index contributed by atoms with van der Waals surface area (Å²) in [5.74, 6) is 0. The first-order valence-corrected chi connectivity index (χ1v) is 7.25. The van der Waals surface area contributed by atoms with Crippen molar-refractivity contribution in [1.82, 2.24) is 0 Å². The van der Waals surface area contributed by atoms with Crippen LogP contribution in [-0.2, 0) is 6.42 Å². The highest BCUT2D eigenvalue weighted by Gasteiger charge is 2.17. The van der Waals surface area contributed by atoms with Crippen LogP contribution in [0.3, 0.4) is 0 Å². The lowest BCUT2D eigenvalue weighted by Crippen LogP contribution is -2.03. The van der Waals surface area contributed by atoms with Crippen LogP contribution in [0.15, 0.2) is 50.7 Å². The molecule has 0 amide bonds. The summed E-state index contributed by atoms with van der Waals surface area (Å²) < 4.78 is 1.15. The number of para-hydroxylation sites is 1. The molecule has 0 atom stereocenters. The first kappa shape index (κ1) is 11.2. The molecule has 0 radical (unpaired) electrons. The first-order valence-electron chi connectivity index (χ1n) is 5.64. The molecular formula is C14H12BrNS. The Balaban J connectivity index is 2.14. The van der Waals surface area contributed by atoms with E-state index in [1.54, 1.807) is 0 Å². The zero-order valence-electron chi connectivity index (χ0n) is 9.46. The van der Waals surface area contributed by atoms with Gasteiger partial charge in [-0.2, -0.15) is 0 Å². The second kappa shape index (κ2) is 4.39. The van der Waals surface area contributed by atoms with Crippen molar-refractivity contribution in [2.24, 2.45) is 0 Å². The third kappa shape index (κ3) is 1.98. The summed E-state index contributed by atoms with van der Waals surface area (Å²) in [6.45, 7) is 2.19. The summed E-state index contributed by atoms with van der Waals surface area (Å²) in [7, 11) is 0. The Kier molecular flexibility index (Phi) is 2.89. The molecule has 0 spiro atoms. The molecule has 0 unspecified atom stereocenters. The zero-order chi connectivity index (χ0) is 11.8. The average molecular weight is 306 g/mol. The van der Waals surface area contributed by atoms with Crippen molar-refractivity contribution in [2.75, 3.05) is 5.32 Å². The maximum atomic E-state index is 3.58. The van der Waals surface area contributed by atoms with Crippen molar-refractivity contribution in [3.8, 4) is 0 Å². The van der Waals surface area contributed by atoms with Crippen LogP contribution >= 0.6 is 27.7 Å². The van der Waals surface area contributed by atoms with Gasteiger partial charge in [-0.3, -0.25) is 0 Å². The van der Waals surface area contributed by atoms with Crippen molar-refractivity contribution < 1.29 is 0 Å². The monoisotopic (exact) mass is 305 g/mol. The third-order valence-electron chi connectivity index (χ3n) is 2.90. The Morgan fingerprint density at radius 2 is 2.00 bits per heavy atom. The van der Waals surface area contributed by atoms with E-state index < -0.39 is 0 Å². The molecule has 1 aliphatic heterocycles. The molecule has 3 heteroatoms. The third-order valence-corrected chi connectivity index (χ3v) is 4.47. The largest absolute Gasteiger partial charge is 0.353 e. The highest BCUT2D eigenvalue weighted by molar-refractivity contribution is 9.10. The maximum absolute atomic E-state index is 3.58. The molecule has 2 aromatic carbocycles. The highest BCUT2D eigenvalue weighted by Crippen LogP contribution is 2.46. The molecule has 86 valence electrons. The predicted molar refractivity (Wildman–Crippen MR) is 77.4 cm³/mol. The summed E-state index contributed by atoms with van der Waals surface area (Å²) in [5.41, 5.74) is 3.83. The van der Waals surface area contributed by atoms with Gasteiger partial charge in [-0.05, 0) is 36.2 Å². The number of hydrogen-bond donors (Lipinski definition) is 1. The maximum Gasteiger partial charge on any atom is 0.0559 e. The Morgan fingerprint density at radius 1 is 1.18 bits per heavy atom. The van der Waals surface area contributed by atoms with Gasteiger partial charge in [0.2, 0.25) is 0 Å². The van der Waals surface area contributed by atoms with Crippen LogP contribution in [0.4, 0.5) is 11.4 Å². The van der Waals surface area contributed by atoms with Crippen LogP contribution in [0.2, 0.25) is 0 Å². The second-order valence-corrected chi connectivity index (χ2v) is 6.01. The molecule has 0 saturated heterocycles. The summed E-state index contributed by atoms with van der Waals surface area (Å²) >= 11 is 5.41. The van der Waals surface area contributed by atoms with Crippen molar-refractivity contribution in [1.29, 1.82) is 0 Å². The van der Waals surface area contributed by atoms with Crippen LogP contribution in [0.25, 0.3) is 0 Å². The Hall–Kier alpha value is -0.930. The minimum absolute atomic E-state index is 1.04. The summed E-state index contributed by atoms with van der Waals surface area (Å²) in [6.07, 6.45) is 1.04. The summed E-state index contributed by atoms with van der Waals surface area (Å²) in [4.78, 5) is 2.59. The fraction of sp³-hybridized carbons (Fsp3) is 0.143. The van der Waals surface area contributed by atoms with Crippen molar-refractivity contribution >= 4 is 39.1 Å². The minimum Gasteiger partial charge on any atom is -0.353 e. The molecule has 1 aliphatic rings. The van der Waals surface area contributed by atoms with Crippen LogP contribution < -0.4 is 5.32 Å². The van der Waals surface area contributed by atoms with Gasteiger partial charge in [0.15, 0.2) is 0 Å². The molecule has 0 aromatic heterocycles. The average Bonchev–Trinajstić information content (AvgIpc) is 2.35. The van der Waals surface area contributed by atoms with Gasteiger partial charge in [0.05, 0.1) is 11.4 Å². The van der Waals surface area contributed by atoms with Crippen LogP contribution in [0.5, 0.6) is 0 Å². The second-order valence-electron chi connectivity index (χ2n) is 4.01. The number of fused-ring (bicyclic) bond motifs is 2. The van der Waals surface area contributed by atoms with E-state index >= 15 is 0 Å². The number of aryl methyl sites for hydroxylation is 1. The fourth-order valence-electron chi connectivity index (χ4n) is 2.05. The highest BCUT2D eigenvalue weighted by atomic mass is 79.9. The lowest BCUT2D eigenvalue weighted by Gasteiger charge is -2.23. The lowest BCUT2D eigenvalue weighted by atomic mass is 10.1. The SMILES string of the molecule is CCc1cc(Br)cc2c1Nc1ccccc1S2. The molecule has 2 aromatic rings. The topological polar surface area (TPSA) is 12.0 Å². The molecule has 1 nitrogen and oxygen atoms in total. The Morgan fingerprint density at radius 3 is 2.82 bits per heavy atom. The van der Waals surface area contributed by atoms with E-state index in [1.165, 1.54) is 26.7 Å². The van der Waals surface area contributed by atoms with Crippen molar-refractivity contribution in [3.05, 3.63) is 46.4 Å². The van der Waals surface area contributed by atoms with E-state index in [0.29, 0.717) is 0 Å². The minimum atomic E-state index is 1.04. The van der Waals surface area contributed by atoms with Crippen LogP contribution in [0.1, 0.15) is 12.5 Å². The molecule has 0 saturated carbocycles. The standard InChI is InChI=1S/C14H12BrNS/c1-2-9-7-10(15)8-13-14(9)16-11-5-3-4-6-12(11)17-13/h3-8,16H,2H2,1H3. The summed E-state index contributed by atoms with van der Waals surface area (Å²) in [5, 5.41) is 3.55. The summed E-state index contributed by atoms with van der Waals surface area (Å²) in [6, 6.07) is 12.8. The van der Waals surface area contributed by atoms with Crippen molar-refractivity contribution in [2.45, 2.75) is 23.1 Å². The first-order chi connectivity index (χ1) is 8.28. The van der Waals surface area contributed by atoms with E-state index in [0.717, 1.165) is 10.9 Å². The van der Waals surface area contributed by atoms with E-state index in [9.17, 15) is 0 Å². The quantitative estimate of drug-likeness (QED) is 0.661. The zero-order valence-corrected chi connectivity index (χ0v) is 11.9. The van der Waals surface area contributed by atoms with Gasteiger partial charge < -0.3 is 5.32 Å². The molecule has 1 heterocycles. The number of hydrogen-bond acceptors (Lipinski definition) is 2. The van der Waals surface area contributed by atoms with E-state index in [1.807, 2.05) is 11.8 Å². The van der Waals surface area contributed by atoms with E-state index in [2.05, 4.69) is 64.6 Å². The normalized spacial score (nSPS) is 12.6. The number of nitrogens with one attached hydrogen (secondary N) is 1. The van der Waals surface area contributed by atoms with Gasteiger partial charge in [0.25, 0.3) is 0 Å². The van der Waals surface area contributed by atoms with Gasteiger partial charge >= 0.3 is 0 Å². The predicted octanol–water partition coefficient (Wildman–Crippen LogP) is 5.22. The Labute approximate surface area is 114 Å². The molecule has 3 rings (SSSR count). The number of benzene rings is 2. The molecule has 17 heavy (non-hydrogen) atoms. The van der Waals surface area contributed by atoms with Gasteiger partial charge in [0, 0.05) is 14.3 Å². The molecule has 0 bridgehead atoms. The van der Waals surface area contributed by atoms with Crippen molar-refractivity contribution in [3.63, 3.8) is 0 Å².